The van der Waals surface area contributed by atoms with E-state index in [1.807, 2.05) is 11.9 Å². The van der Waals surface area contributed by atoms with Gasteiger partial charge in [0.2, 0.25) is 0 Å². The van der Waals surface area contributed by atoms with Crippen LogP contribution in [0.25, 0.3) is 0 Å². The van der Waals surface area contributed by atoms with E-state index in [0.717, 1.165) is 12.5 Å². The molecule has 5 heteroatoms. The number of anilines is 1. The molecule has 2 fully saturated rings. The van der Waals surface area contributed by atoms with Crippen molar-refractivity contribution in [3.8, 4) is 0 Å². The summed E-state index contributed by atoms with van der Waals surface area (Å²) in [5, 5.41) is 3.34. The van der Waals surface area contributed by atoms with Crippen LogP contribution >= 0.6 is 0 Å². The molecule has 0 bridgehead atoms. The maximum Gasteiger partial charge on any atom is 0.170 e. The summed E-state index contributed by atoms with van der Waals surface area (Å²) in [6.45, 7) is 2.71. The molecule has 21 heavy (non-hydrogen) atoms. The van der Waals surface area contributed by atoms with Crippen LogP contribution in [0.1, 0.15) is 31.2 Å². The Hall–Kier alpha value is -1.20. The van der Waals surface area contributed by atoms with E-state index < -0.39 is 0 Å². The average Bonchev–Trinajstić information content (AvgIpc) is 3.37. The molecule has 0 aliphatic heterocycles. The molecule has 0 spiro atoms. The molecule has 2 saturated carbocycles. The number of likely N-dealkylation sites (N-methyl/N-ethyl adjacent to an activating group) is 1. The highest BCUT2D eigenvalue weighted by atomic mass is 19.1. The zero-order valence-corrected chi connectivity index (χ0v) is 12.6. The molecule has 1 aromatic heterocycles. The maximum absolute atomic E-state index is 14.5. The maximum atomic E-state index is 14.5. The molecule has 1 heterocycles. The van der Waals surface area contributed by atoms with Crippen molar-refractivity contribution >= 4 is 5.82 Å². The molecule has 3 rings (SSSR count). The lowest BCUT2D eigenvalue weighted by Crippen LogP contribution is -2.26. The van der Waals surface area contributed by atoms with Gasteiger partial charge < -0.3 is 15.0 Å². The van der Waals surface area contributed by atoms with Gasteiger partial charge in [0, 0.05) is 44.5 Å². The number of nitrogens with zero attached hydrogens (tertiary/aromatic N) is 2. The van der Waals surface area contributed by atoms with E-state index in [9.17, 15) is 4.39 Å². The standard InChI is InChI=1S/C16H24FN3O/c1-20(8-9-21-11-12-2-3-12)16-15(17)13(6-7-18-16)10-19-14-4-5-14/h6-7,12,14,19H,2-5,8-11H2,1H3. The molecule has 0 amide bonds. The van der Waals surface area contributed by atoms with Gasteiger partial charge in [0.25, 0.3) is 0 Å². The predicted octanol–water partition coefficient (Wildman–Crippen LogP) is 2.34. The minimum Gasteiger partial charge on any atom is -0.379 e. The fourth-order valence-electron chi connectivity index (χ4n) is 2.26. The van der Waals surface area contributed by atoms with Crippen LogP contribution in [-0.2, 0) is 11.3 Å². The molecule has 0 atom stereocenters. The first kappa shape index (κ1) is 14.7. The van der Waals surface area contributed by atoms with Crippen LogP contribution in [0.5, 0.6) is 0 Å². The Balaban J connectivity index is 1.50. The number of nitrogens with one attached hydrogen (secondary N) is 1. The normalized spacial score (nSPS) is 18.0. The van der Waals surface area contributed by atoms with Crippen molar-refractivity contribution in [3.63, 3.8) is 0 Å². The lowest BCUT2D eigenvalue weighted by atomic mass is 10.2. The number of pyridine rings is 1. The minimum absolute atomic E-state index is 0.213. The second-order valence-corrected chi connectivity index (χ2v) is 6.20. The highest BCUT2D eigenvalue weighted by Gasteiger charge is 2.22. The monoisotopic (exact) mass is 293 g/mol. The van der Waals surface area contributed by atoms with Gasteiger partial charge >= 0.3 is 0 Å². The molecular weight excluding hydrogens is 269 g/mol. The summed E-state index contributed by atoms with van der Waals surface area (Å²) in [7, 11) is 1.87. The highest BCUT2D eigenvalue weighted by Crippen LogP contribution is 2.28. The average molecular weight is 293 g/mol. The molecule has 1 N–H and O–H groups in total. The Morgan fingerprint density at radius 2 is 2.19 bits per heavy atom. The first-order valence-electron chi connectivity index (χ1n) is 7.89. The van der Waals surface area contributed by atoms with E-state index in [1.54, 1.807) is 12.3 Å². The van der Waals surface area contributed by atoms with Gasteiger partial charge in [0.05, 0.1) is 6.61 Å². The third-order valence-electron chi connectivity index (χ3n) is 4.09. The Morgan fingerprint density at radius 1 is 1.38 bits per heavy atom. The van der Waals surface area contributed by atoms with Gasteiger partial charge in [0.15, 0.2) is 11.6 Å². The van der Waals surface area contributed by atoms with E-state index >= 15 is 0 Å². The Kier molecular flexibility index (Phi) is 4.70. The van der Waals surface area contributed by atoms with Crippen molar-refractivity contribution in [1.82, 2.24) is 10.3 Å². The quantitative estimate of drug-likeness (QED) is 0.709. The lowest BCUT2D eigenvalue weighted by Gasteiger charge is -2.20. The van der Waals surface area contributed by atoms with Crippen molar-refractivity contribution in [2.45, 2.75) is 38.3 Å². The largest absolute Gasteiger partial charge is 0.379 e. The van der Waals surface area contributed by atoms with Crippen LogP contribution in [0.15, 0.2) is 12.3 Å². The summed E-state index contributed by atoms with van der Waals surface area (Å²) in [5.41, 5.74) is 0.692. The molecular formula is C16H24FN3O. The lowest BCUT2D eigenvalue weighted by molar-refractivity contribution is 0.130. The number of halogens is 1. The zero-order chi connectivity index (χ0) is 14.7. The number of ether oxygens (including phenoxy) is 1. The van der Waals surface area contributed by atoms with Crippen molar-refractivity contribution in [3.05, 3.63) is 23.6 Å². The van der Waals surface area contributed by atoms with Gasteiger partial charge in [-0.05, 0) is 37.7 Å². The first-order chi connectivity index (χ1) is 10.2. The van der Waals surface area contributed by atoms with E-state index in [1.165, 1.54) is 25.7 Å². The van der Waals surface area contributed by atoms with Gasteiger partial charge in [-0.1, -0.05) is 0 Å². The van der Waals surface area contributed by atoms with Crippen LogP contribution in [0, 0.1) is 11.7 Å². The molecule has 0 aromatic carbocycles. The Labute approximate surface area is 125 Å². The van der Waals surface area contributed by atoms with Crippen LogP contribution in [-0.4, -0.2) is 37.8 Å². The first-order valence-corrected chi connectivity index (χ1v) is 7.89. The van der Waals surface area contributed by atoms with Crippen LogP contribution in [0.4, 0.5) is 10.2 Å². The molecule has 2 aliphatic carbocycles. The van der Waals surface area contributed by atoms with E-state index in [2.05, 4.69) is 10.3 Å². The highest BCUT2D eigenvalue weighted by molar-refractivity contribution is 5.42. The van der Waals surface area contributed by atoms with Gasteiger partial charge in [-0.25, -0.2) is 9.37 Å². The van der Waals surface area contributed by atoms with Crippen molar-refractivity contribution < 1.29 is 9.13 Å². The minimum atomic E-state index is -0.213. The van der Waals surface area contributed by atoms with Crippen molar-refractivity contribution in [2.24, 2.45) is 5.92 Å². The third-order valence-corrected chi connectivity index (χ3v) is 4.09. The van der Waals surface area contributed by atoms with Crippen LogP contribution in [0.2, 0.25) is 0 Å². The van der Waals surface area contributed by atoms with Crippen LogP contribution in [0.3, 0.4) is 0 Å². The van der Waals surface area contributed by atoms with E-state index in [4.69, 9.17) is 4.74 Å². The molecule has 2 aliphatic rings. The molecule has 0 unspecified atom stereocenters. The Morgan fingerprint density at radius 3 is 2.90 bits per heavy atom. The zero-order valence-electron chi connectivity index (χ0n) is 12.6. The van der Waals surface area contributed by atoms with Crippen molar-refractivity contribution in [1.29, 1.82) is 0 Å². The summed E-state index contributed by atoms with van der Waals surface area (Å²) in [4.78, 5) is 6.01. The summed E-state index contributed by atoms with van der Waals surface area (Å²) < 4.78 is 20.1. The van der Waals surface area contributed by atoms with Gasteiger partial charge in [-0.2, -0.15) is 0 Å². The molecule has 116 valence electrons. The van der Waals surface area contributed by atoms with Gasteiger partial charge in [-0.15, -0.1) is 0 Å². The number of hydrogen-bond donors (Lipinski definition) is 1. The third kappa shape index (κ3) is 4.38. The molecule has 0 saturated heterocycles. The van der Waals surface area contributed by atoms with Gasteiger partial charge in [0.1, 0.15) is 0 Å². The molecule has 1 aromatic rings. The van der Waals surface area contributed by atoms with E-state index in [-0.39, 0.29) is 5.82 Å². The number of hydrogen-bond acceptors (Lipinski definition) is 4. The Bertz CT molecular complexity index is 475. The smallest absolute Gasteiger partial charge is 0.170 e. The fourth-order valence-corrected chi connectivity index (χ4v) is 2.26. The topological polar surface area (TPSA) is 37.4 Å². The second kappa shape index (κ2) is 6.71. The second-order valence-electron chi connectivity index (χ2n) is 6.20. The predicted molar refractivity (Wildman–Crippen MR) is 80.9 cm³/mol. The summed E-state index contributed by atoms with van der Waals surface area (Å²) >= 11 is 0. The number of rotatable bonds is 9. The van der Waals surface area contributed by atoms with Crippen LogP contribution < -0.4 is 10.2 Å². The summed E-state index contributed by atoms with van der Waals surface area (Å²) in [6, 6.07) is 2.33. The van der Waals surface area contributed by atoms with Crippen molar-refractivity contribution in [2.75, 3.05) is 31.7 Å². The number of aromatic nitrogens is 1. The molecule has 4 nitrogen and oxygen atoms in total. The fraction of sp³-hybridized carbons (Fsp3) is 0.688. The summed E-state index contributed by atoms with van der Waals surface area (Å²) in [6.07, 6.45) is 6.68. The SMILES string of the molecule is CN(CCOCC1CC1)c1nccc(CNC2CC2)c1F. The summed E-state index contributed by atoms with van der Waals surface area (Å²) in [5.74, 6) is 0.970. The van der Waals surface area contributed by atoms with Gasteiger partial charge in [-0.3, -0.25) is 0 Å². The molecule has 0 radical (unpaired) electrons. The van der Waals surface area contributed by atoms with E-state index in [0.29, 0.717) is 37.1 Å².